The average Bonchev–Trinajstić information content (AvgIpc) is 3.16. The zero-order valence-electron chi connectivity index (χ0n) is 17.7. The number of likely N-dealkylation sites (tertiary alicyclic amines) is 1. The smallest absolute Gasteiger partial charge is 0.286 e. The number of amidine groups is 1. The molecule has 6 nitrogen and oxygen atoms in total. The molecule has 1 amide bonds. The van der Waals surface area contributed by atoms with Gasteiger partial charge in [-0.3, -0.25) is 4.79 Å². The van der Waals surface area contributed by atoms with Crippen LogP contribution < -0.4 is 9.47 Å². The molecule has 0 aliphatic carbocycles. The van der Waals surface area contributed by atoms with Crippen molar-refractivity contribution in [2.45, 2.75) is 19.3 Å². The fraction of sp³-hybridized carbons (Fsp3) is 0.333. The maximum Gasteiger partial charge on any atom is 0.286 e. The number of carbonyl (C=O) groups is 1. The Kier molecular flexibility index (Phi) is 6.51. The number of aliphatic imine (C=N–C) groups is 1. The molecule has 1 N–H and O–H groups in total. The van der Waals surface area contributed by atoms with E-state index < -0.39 is 0 Å². The molecule has 0 saturated carbocycles. The second-order valence-electron chi connectivity index (χ2n) is 7.70. The van der Waals surface area contributed by atoms with Gasteiger partial charge in [-0.05, 0) is 66.3 Å². The molecule has 2 aliphatic heterocycles. The van der Waals surface area contributed by atoms with Gasteiger partial charge in [0.05, 0.1) is 19.1 Å². The molecule has 1 fully saturated rings. The van der Waals surface area contributed by atoms with Crippen molar-refractivity contribution in [2.24, 2.45) is 10.9 Å². The number of rotatable bonds is 5. The zero-order valence-corrected chi connectivity index (χ0v) is 18.5. The molecule has 0 radical (unpaired) electrons. The molecule has 2 aromatic carbocycles. The predicted molar refractivity (Wildman–Crippen MR) is 124 cm³/mol. The summed E-state index contributed by atoms with van der Waals surface area (Å²) in [4.78, 5) is 19.5. The Morgan fingerprint density at radius 1 is 1.13 bits per heavy atom. The summed E-state index contributed by atoms with van der Waals surface area (Å²) in [6, 6.07) is 13.9. The van der Waals surface area contributed by atoms with Gasteiger partial charge in [-0.15, -0.1) is 0 Å². The number of carbonyl (C=O) groups excluding carboxylic acids is 1. The molecular weight excluding hydrogens is 412 g/mol. The lowest BCUT2D eigenvalue weighted by Crippen LogP contribution is -2.37. The number of phenolic OH excluding ortho intramolecular Hbond substituents is 1. The number of hydrogen-bond acceptors (Lipinski definition) is 6. The molecule has 0 spiro atoms. The van der Waals surface area contributed by atoms with Crippen molar-refractivity contribution >= 4 is 28.9 Å². The second kappa shape index (κ2) is 9.47. The lowest BCUT2D eigenvalue weighted by molar-refractivity contribution is -0.113. The van der Waals surface area contributed by atoms with E-state index in [2.05, 4.69) is 34.2 Å². The number of phenols is 1. The van der Waals surface area contributed by atoms with Gasteiger partial charge in [-0.1, -0.05) is 30.3 Å². The van der Waals surface area contributed by atoms with Crippen LogP contribution in [0.3, 0.4) is 0 Å². The molecule has 2 heterocycles. The zero-order chi connectivity index (χ0) is 21.8. The van der Waals surface area contributed by atoms with Crippen molar-refractivity contribution in [3.63, 3.8) is 0 Å². The van der Waals surface area contributed by atoms with Crippen LogP contribution in [0.25, 0.3) is 6.08 Å². The first kappa shape index (κ1) is 21.3. The number of piperidine rings is 1. The van der Waals surface area contributed by atoms with Crippen molar-refractivity contribution in [2.75, 3.05) is 27.3 Å². The summed E-state index contributed by atoms with van der Waals surface area (Å²) < 4.78 is 10.4. The molecule has 2 aromatic rings. The Labute approximate surface area is 186 Å². The molecule has 0 atom stereocenters. The molecule has 162 valence electrons. The number of nitrogens with zero attached hydrogens (tertiary/aromatic N) is 2. The van der Waals surface area contributed by atoms with E-state index in [4.69, 9.17) is 9.47 Å². The number of ether oxygens (including phenoxy) is 2. The molecular formula is C24H26N2O4S. The van der Waals surface area contributed by atoms with Crippen LogP contribution in [0.1, 0.15) is 24.0 Å². The van der Waals surface area contributed by atoms with Gasteiger partial charge in [-0.25, -0.2) is 0 Å². The van der Waals surface area contributed by atoms with Gasteiger partial charge in [0.2, 0.25) is 5.75 Å². The van der Waals surface area contributed by atoms with Crippen LogP contribution in [-0.2, 0) is 11.2 Å². The van der Waals surface area contributed by atoms with Crippen molar-refractivity contribution in [3.05, 3.63) is 58.5 Å². The minimum Gasteiger partial charge on any atom is -0.502 e. The highest BCUT2D eigenvalue weighted by Crippen LogP contribution is 2.39. The molecule has 2 aliphatic rings. The number of methoxy groups -OCH3 is 2. The average molecular weight is 439 g/mol. The largest absolute Gasteiger partial charge is 0.502 e. The highest BCUT2D eigenvalue weighted by Gasteiger charge is 2.29. The molecule has 0 aromatic heterocycles. The van der Waals surface area contributed by atoms with E-state index in [0.717, 1.165) is 37.5 Å². The van der Waals surface area contributed by atoms with Gasteiger partial charge in [0, 0.05) is 13.1 Å². The van der Waals surface area contributed by atoms with E-state index in [0.29, 0.717) is 27.9 Å². The Bertz CT molecular complexity index is 986. The summed E-state index contributed by atoms with van der Waals surface area (Å²) in [6.07, 6.45) is 5.04. The minimum atomic E-state index is -0.239. The fourth-order valence-electron chi connectivity index (χ4n) is 3.96. The quantitative estimate of drug-likeness (QED) is 0.701. The summed E-state index contributed by atoms with van der Waals surface area (Å²) in [5.74, 6) is 0.949. The maximum absolute atomic E-state index is 12.5. The molecule has 7 heteroatoms. The van der Waals surface area contributed by atoms with Crippen molar-refractivity contribution in [1.82, 2.24) is 4.90 Å². The third-order valence-corrected chi connectivity index (χ3v) is 6.71. The first-order chi connectivity index (χ1) is 15.1. The Hall–Kier alpha value is -2.93. The summed E-state index contributed by atoms with van der Waals surface area (Å²) >= 11 is 1.40. The highest BCUT2D eigenvalue weighted by atomic mass is 32.2. The monoisotopic (exact) mass is 438 g/mol. The highest BCUT2D eigenvalue weighted by molar-refractivity contribution is 8.18. The van der Waals surface area contributed by atoms with Crippen LogP contribution in [0.15, 0.2) is 52.4 Å². The molecule has 1 saturated heterocycles. The van der Waals surface area contributed by atoms with Gasteiger partial charge >= 0.3 is 0 Å². The van der Waals surface area contributed by atoms with Crippen molar-refractivity contribution < 1.29 is 19.4 Å². The Balaban J connectivity index is 1.40. The Morgan fingerprint density at radius 3 is 2.39 bits per heavy atom. The lowest BCUT2D eigenvalue weighted by Gasteiger charge is -2.32. The van der Waals surface area contributed by atoms with Crippen LogP contribution in [0.5, 0.6) is 17.2 Å². The number of amides is 1. The number of thioether (sulfide) groups is 1. The topological polar surface area (TPSA) is 71.4 Å². The number of aromatic hydroxyl groups is 1. The molecule has 4 rings (SSSR count). The van der Waals surface area contributed by atoms with Crippen LogP contribution in [0.2, 0.25) is 0 Å². The third-order valence-electron chi connectivity index (χ3n) is 5.66. The second-order valence-corrected chi connectivity index (χ2v) is 8.71. The van der Waals surface area contributed by atoms with Crippen LogP contribution in [0, 0.1) is 5.92 Å². The number of hydrogen-bond donors (Lipinski definition) is 1. The lowest BCUT2D eigenvalue weighted by atomic mass is 9.90. The summed E-state index contributed by atoms with van der Waals surface area (Å²) in [6.45, 7) is 1.81. The summed E-state index contributed by atoms with van der Waals surface area (Å²) in [5.41, 5.74) is 2.09. The van der Waals surface area contributed by atoms with Crippen LogP contribution in [0.4, 0.5) is 0 Å². The van der Waals surface area contributed by atoms with Crippen LogP contribution >= 0.6 is 11.8 Å². The third kappa shape index (κ3) is 4.88. The first-order valence-corrected chi connectivity index (χ1v) is 11.2. The standard InChI is InChI=1S/C24H26N2O4S/c1-29-19-13-18(14-20(30-2)22(19)27)15-21-23(28)25-24(31-21)26-10-8-17(9-11-26)12-16-6-4-3-5-7-16/h3-7,13-15,17,27H,8-12H2,1-2H3/b21-15-. The van der Waals surface area contributed by atoms with E-state index in [-0.39, 0.29) is 11.7 Å². The van der Waals surface area contributed by atoms with Crippen LogP contribution in [-0.4, -0.2) is 48.4 Å². The minimum absolute atomic E-state index is 0.0622. The van der Waals surface area contributed by atoms with E-state index in [1.54, 1.807) is 18.2 Å². The molecule has 0 bridgehead atoms. The van der Waals surface area contributed by atoms with Crippen molar-refractivity contribution in [3.8, 4) is 17.2 Å². The van der Waals surface area contributed by atoms with E-state index in [1.807, 2.05) is 6.07 Å². The van der Waals surface area contributed by atoms with Gasteiger partial charge in [0.25, 0.3) is 5.91 Å². The van der Waals surface area contributed by atoms with Gasteiger partial charge in [0.15, 0.2) is 16.7 Å². The number of benzene rings is 2. The molecule has 31 heavy (non-hydrogen) atoms. The summed E-state index contributed by atoms with van der Waals surface area (Å²) in [5, 5.41) is 10.9. The van der Waals surface area contributed by atoms with E-state index in [1.165, 1.54) is 31.5 Å². The fourth-order valence-corrected chi connectivity index (χ4v) is 4.92. The Morgan fingerprint density at radius 2 is 1.77 bits per heavy atom. The van der Waals surface area contributed by atoms with Gasteiger partial charge in [-0.2, -0.15) is 4.99 Å². The van der Waals surface area contributed by atoms with E-state index >= 15 is 0 Å². The predicted octanol–water partition coefficient (Wildman–Crippen LogP) is 4.33. The van der Waals surface area contributed by atoms with Gasteiger partial charge in [0.1, 0.15) is 0 Å². The first-order valence-electron chi connectivity index (χ1n) is 10.3. The van der Waals surface area contributed by atoms with E-state index in [9.17, 15) is 9.90 Å². The maximum atomic E-state index is 12.5. The SMILES string of the molecule is COc1cc(/C=C2\SC(N3CCC(Cc4ccccc4)CC3)=NC2=O)cc(OC)c1O. The van der Waals surface area contributed by atoms with Crippen molar-refractivity contribution in [1.29, 1.82) is 0 Å². The van der Waals surface area contributed by atoms with Gasteiger partial charge < -0.3 is 19.5 Å². The summed E-state index contributed by atoms with van der Waals surface area (Å²) in [7, 11) is 2.95. The normalized spacial score (nSPS) is 18.4. The molecule has 0 unspecified atom stereocenters.